The van der Waals surface area contributed by atoms with Crippen LogP contribution in [-0.4, -0.2) is 23.0 Å². The summed E-state index contributed by atoms with van der Waals surface area (Å²) in [6, 6.07) is 24.8. The molecule has 2 amide bonds. The molecule has 1 saturated carbocycles. The number of nitrogens with one attached hydrogen (secondary N) is 1. The Labute approximate surface area is 230 Å². The second kappa shape index (κ2) is 10.5. The molecule has 0 atom stereocenters. The first-order chi connectivity index (χ1) is 19.0. The summed E-state index contributed by atoms with van der Waals surface area (Å²) in [5.41, 5.74) is 7.81. The molecule has 2 heterocycles. The molecule has 0 radical (unpaired) electrons. The summed E-state index contributed by atoms with van der Waals surface area (Å²) in [5, 5.41) is 3.39. The number of anilines is 4. The number of hydrogen-bond donors (Lipinski definition) is 1. The maximum absolute atomic E-state index is 13.7. The number of carbonyl (C=O) groups excluding carboxylic acids is 1. The van der Waals surface area contributed by atoms with Gasteiger partial charge in [0.1, 0.15) is 5.69 Å². The van der Waals surface area contributed by atoms with Crippen molar-refractivity contribution in [3.05, 3.63) is 95.7 Å². The van der Waals surface area contributed by atoms with Crippen molar-refractivity contribution in [3.8, 4) is 11.3 Å². The van der Waals surface area contributed by atoms with Crippen LogP contribution >= 0.6 is 0 Å². The third kappa shape index (κ3) is 4.99. The molecule has 198 valence electrons. The lowest BCUT2D eigenvalue weighted by Crippen LogP contribution is -2.40. The third-order valence-electron chi connectivity index (χ3n) is 8.34. The van der Waals surface area contributed by atoms with Crippen molar-refractivity contribution in [2.75, 3.05) is 22.2 Å². The first-order valence-electron chi connectivity index (χ1n) is 13.9. The van der Waals surface area contributed by atoms with Crippen LogP contribution in [0.15, 0.2) is 79.0 Å². The Hall–Kier alpha value is -4.19. The first kappa shape index (κ1) is 25.1. The van der Waals surface area contributed by atoms with Gasteiger partial charge in [-0.05, 0) is 66.5 Å². The molecule has 1 aliphatic carbocycles. The highest BCUT2D eigenvalue weighted by molar-refractivity contribution is 6.10. The van der Waals surface area contributed by atoms with Crippen LogP contribution < -0.4 is 15.1 Å². The Balaban J connectivity index is 1.30. The average molecular weight is 518 g/mol. The number of benzene rings is 3. The van der Waals surface area contributed by atoms with Crippen LogP contribution in [0.2, 0.25) is 0 Å². The normalized spacial score (nSPS) is 18.8. The van der Waals surface area contributed by atoms with E-state index in [0.29, 0.717) is 24.1 Å². The Bertz CT molecular complexity index is 1490. The fraction of sp³-hybridized carbons (Fsp3) is 0.303. The molecular weight excluding hydrogens is 482 g/mol. The number of aromatic nitrogens is 2. The summed E-state index contributed by atoms with van der Waals surface area (Å²) in [6.07, 6.45) is 6.92. The Morgan fingerprint density at radius 2 is 1.62 bits per heavy atom. The Morgan fingerprint density at radius 3 is 2.38 bits per heavy atom. The van der Waals surface area contributed by atoms with E-state index in [1.165, 1.54) is 31.2 Å². The van der Waals surface area contributed by atoms with E-state index in [2.05, 4.69) is 60.5 Å². The molecule has 2 aliphatic rings. The zero-order valence-corrected chi connectivity index (χ0v) is 22.9. The van der Waals surface area contributed by atoms with Gasteiger partial charge in [0.15, 0.2) is 0 Å². The lowest BCUT2D eigenvalue weighted by Gasteiger charge is -2.27. The molecule has 1 N–H and O–H groups in total. The molecular formula is C33H35N5O. The maximum Gasteiger partial charge on any atom is 0.329 e. The molecule has 1 aliphatic heterocycles. The topological polar surface area (TPSA) is 61.4 Å². The molecule has 6 rings (SSSR count). The third-order valence-corrected chi connectivity index (χ3v) is 8.34. The van der Waals surface area contributed by atoms with Crippen molar-refractivity contribution in [3.63, 3.8) is 0 Å². The van der Waals surface area contributed by atoms with Gasteiger partial charge >= 0.3 is 6.03 Å². The SMILES string of the molecule is Cc1ccccc1CN1C(=O)N(C)c2cnc(Nc3ccc(C4CCC(C)CC4)cc3)nc2-c2ccccc21. The molecule has 39 heavy (non-hydrogen) atoms. The summed E-state index contributed by atoms with van der Waals surface area (Å²) in [7, 11) is 1.79. The van der Waals surface area contributed by atoms with Gasteiger partial charge < -0.3 is 5.32 Å². The maximum atomic E-state index is 13.7. The van der Waals surface area contributed by atoms with Crippen LogP contribution in [-0.2, 0) is 6.54 Å². The van der Waals surface area contributed by atoms with Crippen LogP contribution in [0, 0.1) is 12.8 Å². The fourth-order valence-corrected chi connectivity index (χ4v) is 5.85. The number of para-hydroxylation sites is 1. The predicted molar refractivity (Wildman–Crippen MR) is 159 cm³/mol. The first-order valence-corrected chi connectivity index (χ1v) is 13.9. The molecule has 6 nitrogen and oxygen atoms in total. The Morgan fingerprint density at radius 1 is 0.897 bits per heavy atom. The van der Waals surface area contributed by atoms with Crippen LogP contribution in [0.1, 0.15) is 55.2 Å². The quantitative estimate of drug-likeness (QED) is 0.291. The zero-order chi connectivity index (χ0) is 26.9. The van der Waals surface area contributed by atoms with Gasteiger partial charge in [0.2, 0.25) is 5.95 Å². The minimum absolute atomic E-state index is 0.110. The largest absolute Gasteiger partial charge is 0.329 e. The lowest BCUT2D eigenvalue weighted by atomic mass is 9.79. The van der Waals surface area contributed by atoms with Crippen molar-refractivity contribution in [2.24, 2.45) is 5.92 Å². The van der Waals surface area contributed by atoms with Crippen molar-refractivity contribution in [1.29, 1.82) is 0 Å². The molecule has 0 unspecified atom stereocenters. The number of fused-ring (bicyclic) bond motifs is 3. The number of nitrogens with zero attached hydrogens (tertiary/aromatic N) is 4. The number of aryl methyl sites for hydroxylation is 1. The van der Waals surface area contributed by atoms with Gasteiger partial charge in [-0.1, -0.05) is 74.4 Å². The van der Waals surface area contributed by atoms with Crippen LogP contribution in [0.4, 0.5) is 27.8 Å². The van der Waals surface area contributed by atoms with Gasteiger partial charge in [0, 0.05) is 18.3 Å². The molecule has 0 spiro atoms. The number of amides is 2. The monoisotopic (exact) mass is 517 g/mol. The highest BCUT2D eigenvalue weighted by Crippen LogP contribution is 2.41. The van der Waals surface area contributed by atoms with Gasteiger partial charge in [0.25, 0.3) is 0 Å². The minimum atomic E-state index is -0.110. The number of carbonyl (C=O) groups is 1. The van der Waals surface area contributed by atoms with Crippen LogP contribution in [0.3, 0.4) is 0 Å². The van der Waals surface area contributed by atoms with E-state index < -0.39 is 0 Å². The van der Waals surface area contributed by atoms with Gasteiger partial charge in [-0.2, -0.15) is 0 Å². The summed E-state index contributed by atoms with van der Waals surface area (Å²) in [5.74, 6) is 2.02. The average Bonchev–Trinajstić information content (AvgIpc) is 3.04. The standard InChI is InChI=1S/C33H35N5O/c1-22-12-14-24(15-13-22)25-16-18-27(19-17-25)35-32-34-20-30-31(36-32)28-10-6-7-11-29(28)38(33(39)37(30)3)21-26-9-5-4-8-23(26)2/h4-11,16-20,22,24H,12-15,21H2,1-3H3,(H,34,35,36). The molecule has 0 bridgehead atoms. The molecule has 0 saturated heterocycles. The number of rotatable bonds is 5. The molecule has 4 aromatic rings. The number of hydrogen-bond acceptors (Lipinski definition) is 4. The van der Waals surface area contributed by atoms with Crippen molar-refractivity contribution < 1.29 is 4.79 Å². The van der Waals surface area contributed by atoms with Gasteiger partial charge in [-0.15, -0.1) is 0 Å². The van der Waals surface area contributed by atoms with E-state index >= 15 is 0 Å². The zero-order valence-electron chi connectivity index (χ0n) is 22.9. The van der Waals surface area contributed by atoms with E-state index in [9.17, 15) is 4.79 Å². The molecule has 6 heteroatoms. The van der Waals surface area contributed by atoms with Crippen LogP contribution in [0.25, 0.3) is 11.3 Å². The van der Waals surface area contributed by atoms with E-state index in [0.717, 1.165) is 39.7 Å². The van der Waals surface area contributed by atoms with Crippen molar-refractivity contribution in [1.82, 2.24) is 9.97 Å². The van der Waals surface area contributed by atoms with E-state index in [4.69, 9.17) is 4.98 Å². The van der Waals surface area contributed by atoms with Gasteiger partial charge in [-0.3, -0.25) is 9.80 Å². The summed E-state index contributed by atoms with van der Waals surface area (Å²) >= 11 is 0. The second-order valence-corrected chi connectivity index (χ2v) is 11.0. The lowest BCUT2D eigenvalue weighted by molar-refractivity contribution is 0.252. The smallest absolute Gasteiger partial charge is 0.324 e. The summed E-state index contributed by atoms with van der Waals surface area (Å²) in [4.78, 5) is 26.7. The molecule has 1 fully saturated rings. The summed E-state index contributed by atoms with van der Waals surface area (Å²) in [6.45, 7) is 4.91. The Kier molecular flexibility index (Phi) is 6.77. The van der Waals surface area contributed by atoms with Crippen molar-refractivity contribution >= 4 is 29.0 Å². The van der Waals surface area contributed by atoms with E-state index in [1.54, 1.807) is 18.1 Å². The highest BCUT2D eigenvalue weighted by atomic mass is 16.2. The number of urea groups is 1. The molecule has 3 aromatic carbocycles. The predicted octanol–water partition coefficient (Wildman–Crippen LogP) is 8.07. The van der Waals surface area contributed by atoms with Gasteiger partial charge in [0.05, 0.1) is 24.1 Å². The summed E-state index contributed by atoms with van der Waals surface area (Å²) < 4.78 is 0. The van der Waals surface area contributed by atoms with E-state index in [1.807, 2.05) is 41.3 Å². The van der Waals surface area contributed by atoms with E-state index in [-0.39, 0.29) is 6.03 Å². The van der Waals surface area contributed by atoms with Crippen molar-refractivity contribution in [2.45, 2.75) is 52.0 Å². The second-order valence-electron chi connectivity index (χ2n) is 11.0. The molecule has 1 aromatic heterocycles. The highest BCUT2D eigenvalue weighted by Gasteiger charge is 2.31. The fourth-order valence-electron chi connectivity index (χ4n) is 5.85. The van der Waals surface area contributed by atoms with Crippen LogP contribution in [0.5, 0.6) is 0 Å². The minimum Gasteiger partial charge on any atom is -0.324 e. The van der Waals surface area contributed by atoms with Gasteiger partial charge in [-0.25, -0.2) is 14.8 Å².